The van der Waals surface area contributed by atoms with Crippen LogP contribution in [-0.4, -0.2) is 36.9 Å². The van der Waals surface area contributed by atoms with Crippen LogP contribution in [0.4, 0.5) is 0 Å². The molecule has 0 unspecified atom stereocenters. The third kappa shape index (κ3) is 4.57. The number of nitrogens with one attached hydrogen (secondary N) is 1. The second kappa shape index (κ2) is 7.95. The lowest BCUT2D eigenvalue weighted by molar-refractivity contribution is -0.0359. The van der Waals surface area contributed by atoms with Gasteiger partial charge in [0, 0.05) is 26.4 Å². The van der Waals surface area contributed by atoms with Gasteiger partial charge in [0.15, 0.2) is 0 Å². The number of likely N-dealkylation sites (tertiary alicyclic amines) is 1. The minimum Gasteiger partial charge on any atom is -0.378 e. The van der Waals surface area contributed by atoms with E-state index >= 15 is 0 Å². The van der Waals surface area contributed by atoms with Crippen molar-refractivity contribution in [3.8, 4) is 0 Å². The zero-order chi connectivity index (χ0) is 15.8. The summed E-state index contributed by atoms with van der Waals surface area (Å²) in [6.45, 7) is 4.05. The molecule has 1 fully saturated rings. The Hall–Kier alpha value is -1.87. The molecule has 118 valence electrons. The first-order chi connectivity index (χ1) is 10.7. The van der Waals surface area contributed by atoms with Crippen LogP contribution in [0.5, 0.6) is 0 Å². The van der Waals surface area contributed by atoms with Gasteiger partial charge in [-0.1, -0.05) is 42.5 Å². The third-order valence-electron chi connectivity index (χ3n) is 4.43. The minimum atomic E-state index is -0.00716. The molecule has 0 aromatic heterocycles. The highest BCUT2D eigenvalue weighted by molar-refractivity contribution is 5.75. The second-order valence-electron chi connectivity index (χ2n) is 5.99. The van der Waals surface area contributed by atoms with Crippen molar-refractivity contribution < 1.29 is 4.74 Å². The quantitative estimate of drug-likeness (QED) is 0.640. The fourth-order valence-corrected chi connectivity index (χ4v) is 2.67. The lowest BCUT2D eigenvalue weighted by atomic mass is 9.93. The van der Waals surface area contributed by atoms with Crippen molar-refractivity contribution in [1.82, 2.24) is 4.90 Å². The van der Waals surface area contributed by atoms with E-state index in [9.17, 15) is 0 Å². The van der Waals surface area contributed by atoms with Gasteiger partial charge in [-0.15, -0.1) is 0 Å². The molecule has 1 heterocycles. The van der Waals surface area contributed by atoms with Crippen molar-refractivity contribution in [2.45, 2.75) is 31.8 Å². The fourth-order valence-electron chi connectivity index (χ4n) is 2.67. The number of benzene rings is 1. The van der Waals surface area contributed by atoms with E-state index in [1.54, 1.807) is 7.11 Å². The summed E-state index contributed by atoms with van der Waals surface area (Å²) in [7, 11) is 1.79. The summed E-state index contributed by atoms with van der Waals surface area (Å²) >= 11 is 0. The zero-order valence-corrected chi connectivity index (χ0v) is 13.6. The Labute approximate surface area is 133 Å². The van der Waals surface area contributed by atoms with Gasteiger partial charge in [0.25, 0.3) is 0 Å². The normalized spacial score (nSPS) is 18.6. The molecule has 1 saturated heterocycles. The summed E-state index contributed by atoms with van der Waals surface area (Å²) in [5, 5.41) is 7.64. The number of nitrogens with zero attached hydrogens (tertiary/aromatic N) is 1. The standard InChI is InChI=1S/C19H26N2O/c1-19(22-2)12-14-21(15-13-19)18(16-20)11-7-6-10-17-8-4-3-5-9-17/h3-9,11,16,20H,10,12-15H2,1-2H3/b7-6+,18-11+,20-16?. The first-order valence-electron chi connectivity index (χ1n) is 7.88. The first kappa shape index (κ1) is 16.5. The molecule has 1 aliphatic heterocycles. The van der Waals surface area contributed by atoms with Crippen LogP contribution in [0.25, 0.3) is 0 Å². The maximum absolute atomic E-state index is 7.64. The van der Waals surface area contributed by atoms with Gasteiger partial charge >= 0.3 is 0 Å². The highest BCUT2D eigenvalue weighted by Gasteiger charge is 2.29. The summed E-state index contributed by atoms with van der Waals surface area (Å²) in [6.07, 6.45) is 10.6. The Kier molecular flexibility index (Phi) is 5.96. The predicted molar refractivity (Wildman–Crippen MR) is 92.4 cm³/mol. The molecule has 1 aliphatic rings. The Balaban J connectivity index is 1.90. The van der Waals surface area contributed by atoms with Crippen LogP contribution in [-0.2, 0) is 11.2 Å². The number of hydrogen-bond acceptors (Lipinski definition) is 3. The van der Waals surface area contributed by atoms with Gasteiger partial charge in [-0.3, -0.25) is 0 Å². The van der Waals surface area contributed by atoms with Gasteiger partial charge < -0.3 is 15.0 Å². The third-order valence-corrected chi connectivity index (χ3v) is 4.43. The highest BCUT2D eigenvalue weighted by atomic mass is 16.5. The van der Waals surface area contributed by atoms with Crippen LogP contribution < -0.4 is 0 Å². The number of rotatable bonds is 6. The second-order valence-corrected chi connectivity index (χ2v) is 5.99. The molecule has 0 spiro atoms. The van der Waals surface area contributed by atoms with Gasteiger partial charge in [0.1, 0.15) is 0 Å². The van der Waals surface area contributed by atoms with Crippen molar-refractivity contribution in [3.05, 3.63) is 59.8 Å². The number of hydrogen-bond donors (Lipinski definition) is 1. The van der Waals surface area contributed by atoms with E-state index in [0.717, 1.165) is 38.0 Å². The fraction of sp³-hybridized carbons (Fsp3) is 0.421. The van der Waals surface area contributed by atoms with Gasteiger partial charge in [0.2, 0.25) is 0 Å². The zero-order valence-electron chi connectivity index (χ0n) is 13.6. The number of ether oxygens (including phenoxy) is 1. The van der Waals surface area contributed by atoms with Crippen molar-refractivity contribution >= 4 is 6.21 Å². The smallest absolute Gasteiger partial charge is 0.0684 e. The molecular weight excluding hydrogens is 272 g/mol. The Morgan fingerprint density at radius 2 is 1.95 bits per heavy atom. The van der Waals surface area contributed by atoms with Crippen LogP contribution in [0.15, 0.2) is 54.3 Å². The number of allylic oxidation sites excluding steroid dienone is 4. The Morgan fingerprint density at radius 3 is 2.55 bits per heavy atom. The van der Waals surface area contributed by atoms with E-state index in [1.165, 1.54) is 11.8 Å². The molecule has 0 radical (unpaired) electrons. The molecular formula is C19H26N2O. The summed E-state index contributed by atoms with van der Waals surface area (Å²) in [5.74, 6) is 0. The maximum atomic E-state index is 7.64. The Morgan fingerprint density at radius 1 is 1.27 bits per heavy atom. The molecule has 0 aliphatic carbocycles. The largest absolute Gasteiger partial charge is 0.378 e. The van der Waals surface area contributed by atoms with E-state index in [1.807, 2.05) is 12.1 Å². The molecule has 0 bridgehead atoms. The number of piperidine rings is 1. The van der Waals surface area contributed by atoms with Crippen LogP contribution in [0.2, 0.25) is 0 Å². The molecule has 0 amide bonds. The average molecular weight is 298 g/mol. The lowest BCUT2D eigenvalue weighted by Crippen LogP contribution is -2.43. The molecule has 1 aromatic carbocycles. The molecule has 1 N–H and O–H groups in total. The average Bonchev–Trinajstić information content (AvgIpc) is 2.57. The predicted octanol–water partition coefficient (Wildman–Crippen LogP) is 3.82. The van der Waals surface area contributed by atoms with E-state index in [-0.39, 0.29) is 5.60 Å². The molecule has 22 heavy (non-hydrogen) atoms. The minimum absolute atomic E-state index is 0.00716. The highest BCUT2D eigenvalue weighted by Crippen LogP contribution is 2.26. The maximum Gasteiger partial charge on any atom is 0.0684 e. The molecule has 0 atom stereocenters. The lowest BCUT2D eigenvalue weighted by Gasteiger charge is -2.39. The van der Waals surface area contributed by atoms with Crippen LogP contribution in [0.3, 0.4) is 0 Å². The van der Waals surface area contributed by atoms with Gasteiger partial charge in [-0.25, -0.2) is 0 Å². The van der Waals surface area contributed by atoms with Crippen molar-refractivity contribution in [3.63, 3.8) is 0 Å². The topological polar surface area (TPSA) is 36.3 Å². The summed E-state index contributed by atoms with van der Waals surface area (Å²) in [4.78, 5) is 2.26. The summed E-state index contributed by atoms with van der Waals surface area (Å²) in [6, 6.07) is 10.4. The van der Waals surface area contributed by atoms with Crippen molar-refractivity contribution in [1.29, 1.82) is 5.41 Å². The van der Waals surface area contributed by atoms with E-state index in [0.29, 0.717) is 0 Å². The van der Waals surface area contributed by atoms with Crippen molar-refractivity contribution in [2.24, 2.45) is 0 Å². The monoisotopic (exact) mass is 298 g/mol. The van der Waals surface area contributed by atoms with Gasteiger partial charge in [0.05, 0.1) is 11.3 Å². The summed E-state index contributed by atoms with van der Waals surface area (Å²) < 4.78 is 5.57. The first-order valence-corrected chi connectivity index (χ1v) is 7.88. The van der Waals surface area contributed by atoms with Gasteiger partial charge in [-0.05, 0) is 37.8 Å². The van der Waals surface area contributed by atoms with E-state index in [4.69, 9.17) is 10.1 Å². The molecule has 0 saturated carbocycles. The number of methoxy groups -OCH3 is 1. The Bertz CT molecular complexity index is 526. The van der Waals surface area contributed by atoms with Crippen molar-refractivity contribution in [2.75, 3.05) is 20.2 Å². The van der Waals surface area contributed by atoms with Gasteiger partial charge in [-0.2, -0.15) is 0 Å². The van der Waals surface area contributed by atoms with Crippen LogP contribution in [0.1, 0.15) is 25.3 Å². The SMILES string of the molecule is COC1(C)CCN(/C(C=N)=C/C=C/Cc2ccccc2)CC1. The summed E-state index contributed by atoms with van der Waals surface area (Å²) in [5.41, 5.74) is 2.27. The van der Waals surface area contributed by atoms with E-state index < -0.39 is 0 Å². The van der Waals surface area contributed by atoms with Crippen LogP contribution >= 0.6 is 0 Å². The van der Waals surface area contributed by atoms with Crippen LogP contribution in [0, 0.1) is 5.41 Å². The van der Waals surface area contributed by atoms with E-state index in [2.05, 4.69) is 48.2 Å². The molecule has 1 aromatic rings. The molecule has 3 heteroatoms. The molecule has 3 nitrogen and oxygen atoms in total. The molecule has 2 rings (SSSR count).